The second-order valence-corrected chi connectivity index (χ2v) is 8.86. The maximum absolute atomic E-state index is 13.3. The van der Waals surface area contributed by atoms with Gasteiger partial charge in [0.05, 0.1) is 11.3 Å². The molecule has 1 aliphatic rings. The molecule has 1 aromatic heterocycles. The highest BCUT2D eigenvalue weighted by Crippen LogP contribution is 2.34. The fourth-order valence-electron chi connectivity index (χ4n) is 3.61. The first-order chi connectivity index (χ1) is 14.5. The molecule has 1 aliphatic heterocycles. The lowest BCUT2D eigenvalue weighted by atomic mass is 10.0. The maximum atomic E-state index is 13.3. The number of para-hydroxylation sites is 1. The first kappa shape index (κ1) is 20.4. The van der Waals surface area contributed by atoms with Gasteiger partial charge in [0.15, 0.2) is 0 Å². The number of benzene rings is 2. The summed E-state index contributed by atoms with van der Waals surface area (Å²) >= 11 is 1.29. The third kappa shape index (κ3) is 3.92. The molecule has 154 valence electrons. The number of nitrogens with zero attached hydrogens (tertiary/aromatic N) is 1. The van der Waals surface area contributed by atoms with E-state index in [4.69, 9.17) is 0 Å². The molecule has 1 unspecified atom stereocenters. The third-order valence-electron chi connectivity index (χ3n) is 5.43. The molecule has 1 N–H and O–H groups in total. The van der Waals surface area contributed by atoms with Crippen LogP contribution in [0.1, 0.15) is 41.9 Å². The molecule has 0 saturated carbocycles. The minimum Gasteiger partial charge on any atom is -0.354 e. The summed E-state index contributed by atoms with van der Waals surface area (Å²) < 4.78 is 13.3. The molecular weight excluding hydrogens is 399 g/mol. The van der Waals surface area contributed by atoms with Crippen molar-refractivity contribution in [3.63, 3.8) is 0 Å². The van der Waals surface area contributed by atoms with Crippen LogP contribution in [-0.2, 0) is 11.2 Å². The predicted molar refractivity (Wildman–Crippen MR) is 120 cm³/mol. The molecule has 0 saturated heterocycles. The van der Waals surface area contributed by atoms with Crippen molar-refractivity contribution in [1.82, 2.24) is 9.88 Å². The van der Waals surface area contributed by atoms with Crippen LogP contribution >= 0.6 is 11.8 Å². The van der Waals surface area contributed by atoms with Gasteiger partial charge < -0.3 is 9.88 Å². The zero-order valence-corrected chi connectivity index (χ0v) is 17.8. The van der Waals surface area contributed by atoms with Crippen LogP contribution in [0.2, 0.25) is 0 Å². The number of hydrogen-bond acceptors (Lipinski definition) is 3. The smallest absolute Gasteiger partial charge is 0.257 e. The Morgan fingerprint density at radius 2 is 1.90 bits per heavy atom. The molecule has 0 bridgehead atoms. The van der Waals surface area contributed by atoms with Crippen molar-refractivity contribution in [2.45, 2.75) is 31.9 Å². The van der Waals surface area contributed by atoms with E-state index in [0.29, 0.717) is 24.1 Å². The van der Waals surface area contributed by atoms with Crippen molar-refractivity contribution < 1.29 is 14.0 Å². The molecule has 4 nitrogen and oxygen atoms in total. The van der Waals surface area contributed by atoms with Crippen molar-refractivity contribution in [2.24, 2.45) is 0 Å². The second kappa shape index (κ2) is 8.48. The molecule has 2 heterocycles. The quantitative estimate of drug-likeness (QED) is 0.612. The van der Waals surface area contributed by atoms with E-state index in [1.165, 1.54) is 36.0 Å². The van der Waals surface area contributed by atoms with E-state index >= 15 is 0 Å². The van der Waals surface area contributed by atoms with Crippen molar-refractivity contribution in [1.29, 1.82) is 0 Å². The van der Waals surface area contributed by atoms with Crippen molar-refractivity contribution in [3.8, 4) is 0 Å². The van der Waals surface area contributed by atoms with Gasteiger partial charge in [-0.05, 0) is 48.7 Å². The summed E-state index contributed by atoms with van der Waals surface area (Å²) in [4.78, 5) is 31.2. The lowest BCUT2D eigenvalue weighted by Gasteiger charge is -2.18. The SMILES string of the molecule is CCC(C)SC(=O)C1=CN(C(=O)c2ccc(F)cc2)CCc2c1[nH]c1ccccc21. The Bertz CT molecular complexity index is 1130. The first-order valence-corrected chi connectivity index (χ1v) is 10.9. The largest absolute Gasteiger partial charge is 0.354 e. The number of carbonyl (C=O) groups is 2. The minimum atomic E-state index is -0.389. The molecule has 1 atom stereocenters. The summed E-state index contributed by atoms with van der Waals surface area (Å²) in [5.74, 6) is -0.636. The van der Waals surface area contributed by atoms with Crippen molar-refractivity contribution >= 4 is 39.3 Å². The number of aromatic amines is 1. The fraction of sp³-hybridized carbons (Fsp3) is 0.250. The monoisotopic (exact) mass is 422 g/mol. The summed E-state index contributed by atoms with van der Waals surface area (Å²) in [6.07, 6.45) is 3.15. The number of halogens is 1. The normalized spacial score (nSPS) is 14.8. The molecule has 3 aromatic rings. The Kier molecular flexibility index (Phi) is 5.77. The molecule has 0 radical (unpaired) electrons. The lowest BCUT2D eigenvalue weighted by molar-refractivity contribution is -0.106. The van der Waals surface area contributed by atoms with Gasteiger partial charge in [0, 0.05) is 34.5 Å². The van der Waals surface area contributed by atoms with Crippen LogP contribution in [0.25, 0.3) is 16.5 Å². The van der Waals surface area contributed by atoms with Gasteiger partial charge in [-0.3, -0.25) is 9.59 Å². The van der Waals surface area contributed by atoms with Gasteiger partial charge in [0.1, 0.15) is 5.82 Å². The number of H-pyrrole nitrogens is 1. The van der Waals surface area contributed by atoms with Crippen LogP contribution in [0.15, 0.2) is 54.7 Å². The molecule has 0 spiro atoms. The predicted octanol–water partition coefficient (Wildman–Crippen LogP) is 5.40. The number of carbonyl (C=O) groups excluding carboxylic acids is 2. The molecule has 0 aliphatic carbocycles. The summed E-state index contributed by atoms with van der Waals surface area (Å²) in [5, 5.41) is 1.18. The number of thioether (sulfide) groups is 1. The zero-order chi connectivity index (χ0) is 21.3. The molecule has 2 aromatic carbocycles. The molecule has 30 heavy (non-hydrogen) atoms. The van der Waals surface area contributed by atoms with E-state index < -0.39 is 0 Å². The number of fused-ring (bicyclic) bond motifs is 3. The number of rotatable bonds is 4. The Morgan fingerprint density at radius 1 is 1.17 bits per heavy atom. The zero-order valence-electron chi connectivity index (χ0n) is 16.9. The second-order valence-electron chi connectivity index (χ2n) is 7.45. The van der Waals surface area contributed by atoms with E-state index in [9.17, 15) is 14.0 Å². The standard InChI is InChI=1S/C24H23FN2O2S/c1-3-15(2)30-24(29)20-14-27(23(28)16-8-10-17(25)11-9-16)13-12-19-18-6-4-5-7-21(18)26-22(19)20/h4-11,14-15,26H,3,12-13H2,1-2H3. The van der Waals surface area contributed by atoms with E-state index in [-0.39, 0.29) is 22.1 Å². The maximum Gasteiger partial charge on any atom is 0.257 e. The Morgan fingerprint density at radius 3 is 2.63 bits per heavy atom. The van der Waals surface area contributed by atoms with Crippen molar-refractivity contribution in [2.75, 3.05) is 6.54 Å². The van der Waals surface area contributed by atoms with Crippen molar-refractivity contribution in [3.05, 3.63) is 77.4 Å². The van der Waals surface area contributed by atoms with E-state index in [2.05, 4.69) is 4.98 Å². The molecule has 4 rings (SSSR count). The number of hydrogen-bond donors (Lipinski definition) is 1. The van der Waals surface area contributed by atoms with Gasteiger partial charge in [-0.25, -0.2) is 4.39 Å². The third-order valence-corrected chi connectivity index (χ3v) is 6.60. The first-order valence-electron chi connectivity index (χ1n) is 10.1. The van der Waals surface area contributed by atoms with E-state index in [1.807, 2.05) is 38.1 Å². The van der Waals surface area contributed by atoms with Crippen LogP contribution < -0.4 is 0 Å². The average molecular weight is 423 g/mol. The van der Waals surface area contributed by atoms with Gasteiger partial charge in [-0.1, -0.05) is 43.8 Å². The van der Waals surface area contributed by atoms with Gasteiger partial charge in [0.25, 0.3) is 5.91 Å². The van der Waals surface area contributed by atoms with E-state index in [1.54, 1.807) is 11.1 Å². The van der Waals surface area contributed by atoms with Crippen LogP contribution in [0.4, 0.5) is 4.39 Å². The Hall–Kier alpha value is -2.86. The molecule has 0 fully saturated rings. The fourth-order valence-corrected chi connectivity index (χ4v) is 4.42. The topological polar surface area (TPSA) is 53.2 Å². The Balaban J connectivity index is 1.77. The number of nitrogens with one attached hydrogen (secondary N) is 1. The molecule has 1 amide bonds. The summed E-state index contributed by atoms with van der Waals surface area (Å²) in [5.41, 5.74) is 3.70. The Labute approximate surface area is 179 Å². The summed E-state index contributed by atoms with van der Waals surface area (Å²) in [7, 11) is 0. The highest BCUT2D eigenvalue weighted by molar-refractivity contribution is 8.15. The van der Waals surface area contributed by atoms with E-state index in [0.717, 1.165) is 28.6 Å². The van der Waals surface area contributed by atoms with Crippen LogP contribution in [0.3, 0.4) is 0 Å². The minimum absolute atomic E-state index is 0.0593. The van der Waals surface area contributed by atoms with Gasteiger partial charge in [-0.15, -0.1) is 0 Å². The highest BCUT2D eigenvalue weighted by Gasteiger charge is 2.27. The van der Waals surface area contributed by atoms with Gasteiger partial charge in [0.2, 0.25) is 5.12 Å². The average Bonchev–Trinajstić information content (AvgIpc) is 3.01. The highest BCUT2D eigenvalue weighted by atomic mass is 32.2. The van der Waals surface area contributed by atoms with Crippen LogP contribution in [0, 0.1) is 5.82 Å². The van der Waals surface area contributed by atoms with Gasteiger partial charge in [-0.2, -0.15) is 0 Å². The lowest BCUT2D eigenvalue weighted by Crippen LogP contribution is -2.27. The van der Waals surface area contributed by atoms with Crippen LogP contribution in [0.5, 0.6) is 0 Å². The number of amides is 1. The van der Waals surface area contributed by atoms with Crippen LogP contribution in [-0.4, -0.2) is 32.7 Å². The molecule has 6 heteroatoms. The summed E-state index contributed by atoms with van der Waals surface area (Å²) in [6.45, 7) is 4.51. The number of aromatic nitrogens is 1. The summed E-state index contributed by atoms with van der Waals surface area (Å²) in [6, 6.07) is 13.5. The van der Waals surface area contributed by atoms with Gasteiger partial charge >= 0.3 is 0 Å². The molecular formula is C24H23FN2O2S.